The summed E-state index contributed by atoms with van der Waals surface area (Å²) < 4.78 is 5.25. The molecule has 1 unspecified atom stereocenters. The van der Waals surface area contributed by atoms with Crippen LogP contribution in [-0.4, -0.2) is 24.4 Å². The van der Waals surface area contributed by atoms with Crippen molar-refractivity contribution in [2.24, 2.45) is 0 Å². The summed E-state index contributed by atoms with van der Waals surface area (Å²) in [6.45, 7) is 3.53. The smallest absolute Gasteiger partial charge is 0.0541 e. The molecule has 0 radical (unpaired) electrons. The molecule has 0 amide bonds. The Labute approximate surface area is 105 Å². The van der Waals surface area contributed by atoms with Gasteiger partial charge in [-0.25, -0.2) is 0 Å². The molecule has 1 N–H and O–H groups in total. The van der Waals surface area contributed by atoms with Crippen LogP contribution in [0.25, 0.3) is 0 Å². The third-order valence-electron chi connectivity index (χ3n) is 2.88. The van der Waals surface area contributed by atoms with E-state index in [0.29, 0.717) is 0 Å². The van der Waals surface area contributed by atoms with Crippen molar-refractivity contribution in [2.75, 3.05) is 13.2 Å². The number of aliphatic hydroxyl groups is 1. The summed E-state index contributed by atoms with van der Waals surface area (Å²) >= 11 is 0. The molecular formula is C15H24O2. The molecule has 96 valence electrons. The van der Waals surface area contributed by atoms with E-state index >= 15 is 0 Å². The van der Waals surface area contributed by atoms with Crippen molar-refractivity contribution in [2.45, 2.75) is 45.1 Å². The molecule has 0 aliphatic carbocycles. The number of aliphatic hydroxyl groups excluding tert-OH is 1. The number of aryl methyl sites for hydroxylation is 1. The summed E-state index contributed by atoms with van der Waals surface area (Å²) in [5, 5.41) is 9.77. The van der Waals surface area contributed by atoms with Crippen LogP contribution in [0.2, 0.25) is 0 Å². The van der Waals surface area contributed by atoms with E-state index in [-0.39, 0.29) is 6.10 Å². The molecule has 0 saturated carbocycles. The van der Waals surface area contributed by atoms with Crippen molar-refractivity contribution >= 4 is 0 Å². The van der Waals surface area contributed by atoms with Crippen molar-refractivity contribution in [3.05, 3.63) is 35.9 Å². The van der Waals surface area contributed by atoms with Crippen LogP contribution in [-0.2, 0) is 11.2 Å². The Morgan fingerprint density at radius 1 is 1.12 bits per heavy atom. The minimum absolute atomic E-state index is 0.167. The monoisotopic (exact) mass is 236 g/mol. The van der Waals surface area contributed by atoms with Crippen LogP contribution in [0.5, 0.6) is 0 Å². The Hall–Kier alpha value is -0.860. The molecule has 1 aromatic rings. The van der Waals surface area contributed by atoms with Gasteiger partial charge in [0.2, 0.25) is 0 Å². The van der Waals surface area contributed by atoms with Crippen LogP contribution in [0.3, 0.4) is 0 Å². The molecule has 0 aliphatic rings. The standard InChI is InChI=1S/C15H24O2/c1-2-17-13-7-12-15(16)11-6-10-14-8-4-3-5-9-14/h3-5,8-9,15-16H,2,6-7,10-13H2,1H3. The van der Waals surface area contributed by atoms with Gasteiger partial charge in [-0.15, -0.1) is 0 Å². The second-order valence-electron chi connectivity index (χ2n) is 4.37. The number of hydrogen-bond donors (Lipinski definition) is 1. The van der Waals surface area contributed by atoms with Gasteiger partial charge in [-0.3, -0.25) is 0 Å². The van der Waals surface area contributed by atoms with Gasteiger partial charge in [-0.1, -0.05) is 30.3 Å². The van der Waals surface area contributed by atoms with E-state index in [1.54, 1.807) is 0 Å². The minimum Gasteiger partial charge on any atom is -0.393 e. The predicted octanol–water partition coefficient (Wildman–Crippen LogP) is 3.19. The van der Waals surface area contributed by atoms with Crippen LogP contribution < -0.4 is 0 Å². The lowest BCUT2D eigenvalue weighted by atomic mass is 10.0. The Morgan fingerprint density at radius 3 is 2.53 bits per heavy atom. The summed E-state index contributed by atoms with van der Waals surface area (Å²) in [5.41, 5.74) is 1.36. The largest absolute Gasteiger partial charge is 0.393 e. The summed E-state index contributed by atoms with van der Waals surface area (Å²) in [4.78, 5) is 0. The summed E-state index contributed by atoms with van der Waals surface area (Å²) in [6.07, 6.45) is 4.65. The maximum atomic E-state index is 9.77. The quantitative estimate of drug-likeness (QED) is 0.667. The molecule has 0 spiro atoms. The molecule has 1 atom stereocenters. The third kappa shape index (κ3) is 7.14. The van der Waals surface area contributed by atoms with E-state index in [2.05, 4.69) is 24.3 Å². The fraction of sp³-hybridized carbons (Fsp3) is 0.600. The van der Waals surface area contributed by atoms with E-state index in [1.165, 1.54) is 5.56 Å². The average molecular weight is 236 g/mol. The minimum atomic E-state index is -0.167. The molecular weight excluding hydrogens is 212 g/mol. The van der Waals surface area contributed by atoms with E-state index in [4.69, 9.17) is 4.74 Å². The molecule has 0 heterocycles. The number of rotatable bonds is 9. The fourth-order valence-corrected chi connectivity index (χ4v) is 1.90. The first-order valence-electron chi connectivity index (χ1n) is 6.62. The van der Waals surface area contributed by atoms with E-state index in [1.807, 2.05) is 13.0 Å². The maximum Gasteiger partial charge on any atom is 0.0541 e. The van der Waals surface area contributed by atoms with Gasteiger partial charge in [0, 0.05) is 13.2 Å². The van der Waals surface area contributed by atoms with Gasteiger partial charge in [-0.05, 0) is 44.6 Å². The van der Waals surface area contributed by atoms with Gasteiger partial charge in [0.05, 0.1) is 6.10 Å². The second kappa shape index (κ2) is 9.20. The first kappa shape index (κ1) is 14.2. The molecule has 0 bridgehead atoms. The first-order valence-corrected chi connectivity index (χ1v) is 6.62. The van der Waals surface area contributed by atoms with Crippen molar-refractivity contribution in [3.63, 3.8) is 0 Å². The van der Waals surface area contributed by atoms with Crippen molar-refractivity contribution < 1.29 is 9.84 Å². The van der Waals surface area contributed by atoms with Crippen molar-refractivity contribution in [3.8, 4) is 0 Å². The third-order valence-corrected chi connectivity index (χ3v) is 2.88. The number of ether oxygens (including phenoxy) is 1. The Morgan fingerprint density at radius 2 is 1.82 bits per heavy atom. The van der Waals surface area contributed by atoms with Crippen LogP contribution in [0.4, 0.5) is 0 Å². The Kier molecular flexibility index (Phi) is 7.69. The molecule has 17 heavy (non-hydrogen) atoms. The lowest BCUT2D eigenvalue weighted by Gasteiger charge is -2.10. The zero-order valence-corrected chi connectivity index (χ0v) is 10.8. The highest BCUT2D eigenvalue weighted by molar-refractivity contribution is 5.14. The highest BCUT2D eigenvalue weighted by Gasteiger charge is 2.03. The maximum absolute atomic E-state index is 9.77. The van der Waals surface area contributed by atoms with Gasteiger partial charge in [0.1, 0.15) is 0 Å². The molecule has 1 aromatic carbocycles. The van der Waals surface area contributed by atoms with Crippen molar-refractivity contribution in [1.82, 2.24) is 0 Å². The summed E-state index contributed by atoms with van der Waals surface area (Å²) in [5.74, 6) is 0. The first-order chi connectivity index (χ1) is 8.33. The van der Waals surface area contributed by atoms with E-state index in [0.717, 1.165) is 45.3 Å². The topological polar surface area (TPSA) is 29.5 Å². The number of hydrogen-bond acceptors (Lipinski definition) is 2. The zero-order chi connectivity index (χ0) is 12.3. The SMILES string of the molecule is CCOCCCC(O)CCCc1ccccc1. The van der Waals surface area contributed by atoms with Gasteiger partial charge < -0.3 is 9.84 Å². The molecule has 0 aliphatic heterocycles. The van der Waals surface area contributed by atoms with Crippen LogP contribution >= 0.6 is 0 Å². The highest BCUT2D eigenvalue weighted by Crippen LogP contribution is 2.09. The van der Waals surface area contributed by atoms with Gasteiger partial charge in [-0.2, -0.15) is 0 Å². The molecule has 1 rings (SSSR count). The molecule has 0 saturated heterocycles. The average Bonchev–Trinajstić information content (AvgIpc) is 2.36. The summed E-state index contributed by atoms with van der Waals surface area (Å²) in [7, 11) is 0. The molecule has 0 fully saturated rings. The van der Waals surface area contributed by atoms with Crippen LogP contribution in [0, 0.1) is 0 Å². The van der Waals surface area contributed by atoms with E-state index in [9.17, 15) is 5.11 Å². The Bertz CT molecular complexity index is 272. The lowest BCUT2D eigenvalue weighted by molar-refractivity contribution is 0.109. The molecule has 2 nitrogen and oxygen atoms in total. The van der Waals surface area contributed by atoms with Gasteiger partial charge in [0.15, 0.2) is 0 Å². The van der Waals surface area contributed by atoms with Gasteiger partial charge in [0.25, 0.3) is 0 Å². The zero-order valence-electron chi connectivity index (χ0n) is 10.8. The highest BCUT2D eigenvalue weighted by atomic mass is 16.5. The number of benzene rings is 1. The second-order valence-corrected chi connectivity index (χ2v) is 4.37. The lowest BCUT2D eigenvalue weighted by Crippen LogP contribution is -2.08. The van der Waals surface area contributed by atoms with Crippen LogP contribution in [0.15, 0.2) is 30.3 Å². The van der Waals surface area contributed by atoms with Crippen LogP contribution in [0.1, 0.15) is 38.2 Å². The normalized spacial score (nSPS) is 12.6. The van der Waals surface area contributed by atoms with Gasteiger partial charge >= 0.3 is 0 Å². The molecule has 0 aromatic heterocycles. The van der Waals surface area contributed by atoms with Crippen molar-refractivity contribution in [1.29, 1.82) is 0 Å². The molecule has 2 heteroatoms. The summed E-state index contributed by atoms with van der Waals surface area (Å²) in [6, 6.07) is 10.4. The Balaban J connectivity index is 2.02. The van der Waals surface area contributed by atoms with E-state index < -0.39 is 0 Å². The fourth-order valence-electron chi connectivity index (χ4n) is 1.90. The predicted molar refractivity (Wildman–Crippen MR) is 71.1 cm³/mol.